The fourth-order valence-electron chi connectivity index (χ4n) is 3.38. The Morgan fingerprint density at radius 2 is 1.63 bits per heavy atom. The van der Waals surface area contributed by atoms with Gasteiger partial charge in [-0.1, -0.05) is 0 Å². The van der Waals surface area contributed by atoms with E-state index in [0.29, 0.717) is 0 Å². The Kier molecular flexibility index (Phi) is 4.92. The molecule has 1 aromatic heterocycles. The predicted octanol–water partition coefficient (Wildman–Crippen LogP) is -0.758. The van der Waals surface area contributed by atoms with Gasteiger partial charge >= 0.3 is 0 Å². The molecule has 2 heterocycles. The van der Waals surface area contributed by atoms with Crippen molar-refractivity contribution in [3.05, 3.63) is 34.5 Å². The fourth-order valence-corrected chi connectivity index (χ4v) is 3.38. The summed E-state index contributed by atoms with van der Waals surface area (Å²) in [5.41, 5.74) is -1.32. The molecule has 0 amide bonds. The molecule has 4 rings (SSSR count). The van der Waals surface area contributed by atoms with Crippen molar-refractivity contribution in [1.82, 2.24) is 0 Å². The van der Waals surface area contributed by atoms with E-state index in [-0.39, 0.29) is 27.7 Å². The lowest BCUT2D eigenvalue weighted by Crippen LogP contribution is -2.60. The third kappa shape index (κ3) is 3.09. The molecule has 0 saturated carbocycles. The highest BCUT2D eigenvalue weighted by Gasteiger charge is 2.45. The molecule has 160 valence electrons. The number of aliphatic hydroxyl groups is 4. The van der Waals surface area contributed by atoms with E-state index >= 15 is 0 Å². The number of phenolic OH excluding ortho intramolecular Hbond substituents is 3. The third-order valence-electron chi connectivity index (χ3n) is 4.92. The normalized spacial score (nSPS) is 26.9. The van der Waals surface area contributed by atoms with Crippen LogP contribution in [0.5, 0.6) is 23.0 Å². The molecule has 11 nitrogen and oxygen atoms in total. The molecule has 5 atom stereocenters. The minimum absolute atomic E-state index is 0.201. The van der Waals surface area contributed by atoms with Crippen molar-refractivity contribution in [3.8, 4) is 23.0 Å². The van der Waals surface area contributed by atoms with Crippen molar-refractivity contribution in [3.63, 3.8) is 0 Å². The van der Waals surface area contributed by atoms with E-state index in [4.69, 9.17) is 13.9 Å². The molecular weight excluding hydrogens is 404 g/mol. The SMILES string of the molecule is O=c1c2c(O[C@H]3O[C@H](CO)[C@@H](O)[C@H](O)[C@H]3O)cc(O)cc2oc2c(O)ccc(O)c12. The lowest BCUT2D eigenvalue weighted by Gasteiger charge is -2.39. The van der Waals surface area contributed by atoms with Gasteiger partial charge < -0.3 is 49.6 Å². The molecule has 0 unspecified atom stereocenters. The van der Waals surface area contributed by atoms with Gasteiger partial charge in [0, 0.05) is 12.1 Å². The first-order chi connectivity index (χ1) is 14.2. The van der Waals surface area contributed by atoms with Crippen molar-refractivity contribution in [2.45, 2.75) is 30.7 Å². The summed E-state index contributed by atoms with van der Waals surface area (Å²) < 4.78 is 16.2. The van der Waals surface area contributed by atoms with Crippen LogP contribution in [0.15, 0.2) is 33.5 Å². The van der Waals surface area contributed by atoms with Crippen molar-refractivity contribution in [2.75, 3.05) is 6.61 Å². The maximum atomic E-state index is 13.0. The van der Waals surface area contributed by atoms with E-state index in [9.17, 15) is 40.5 Å². The van der Waals surface area contributed by atoms with E-state index in [1.165, 1.54) is 0 Å². The van der Waals surface area contributed by atoms with Crippen LogP contribution >= 0.6 is 0 Å². The van der Waals surface area contributed by atoms with Crippen LogP contribution in [0.3, 0.4) is 0 Å². The van der Waals surface area contributed by atoms with Crippen LogP contribution in [-0.4, -0.2) is 73.1 Å². The van der Waals surface area contributed by atoms with Crippen molar-refractivity contribution in [2.24, 2.45) is 0 Å². The van der Waals surface area contributed by atoms with Gasteiger partial charge in [-0.3, -0.25) is 4.79 Å². The van der Waals surface area contributed by atoms with Crippen LogP contribution in [0.2, 0.25) is 0 Å². The molecule has 1 aliphatic rings. The van der Waals surface area contributed by atoms with E-state index in [1.54, 1.807) is 0 Å². The first-order valence-electron chi connectivity index (χ1n) is 8.84. The quantitative estimate of drug-likeness (QED) is 0.207. The van der Waals surface area contributed by atoms with Gasteiger partial charge in [-0.05, 0) is 12.1 Å². The summed E-state index contributed by atoms with van der Waals surface area (Å²) in [6.45, 7) is -0.689. The molecule has 2 aromatic carbocycles. The summed E-state index contributed by atoms with van der Waals surface area (Å²) in [6, 6.07) is 4.33. The number of ether oxygens (including phenoxy) is 2. The first kappa shape index (κ1) is 20.2. The number of aliphatic hydroxyl groups excluding tert-OH is 4. The van der Waals surface area contributed by atoms with Crippen LogP contribution in [0.25, 0.3) is 21.9 Å². The van der Waals surface area contributed by atoms with Gasteiger partial charge in [0.15, 0.2) is 11.3 Å². The van der Waals surface area contributed by atoms with E-state index in [0.717, 1.165) is 24.3 Å². The topological polar surface area (TPSA) is 190 Å². The molecule has 1 saturated heterocycles. The summed E-state index contributed by atoms with van der Waals surface area (Å²) >= 11 is 0. The number of rotatable bonds is 3. The lowest BCUT2D eigenvalue weighted by atomic mass is 9.99. The van der Waals surface area contributed by atoms with Gasteiger partial charge in [0.1, 0.15) is 58.0 Å². The maximum absolute atomic E-state index is 13.0. The average molecular weight is 422 g/mol. The Morgan fingerprint density at radius 3 is 2.33 bits per heavy atom. The Morgan fingerprint density at radius 1 is 0.933 bits per heavy atom. The van der Waals surface area contributed by atoms with Crippen molar-refractivity contribution in [1.29, 1.82) is 0 Å². The van der Waals surface area contributed by atoms with E-state index in [2.05, 4.69) is 0 Å². The Hall–Kier alpha value is -3.09. The van der Waals surface area contributed by atoms with Crippen LogP contribution in [0.1, 0.15) is 0 Å². The second kappa shape index (κ2) is 7.31. The summed E-state index contributed by atoms with van der Waals surface area (Å²) in [7, 11) is 0. The molecule has 1 fully saturated rings. The van der Waals surface area contributed by atoms with E-state index < -0.39 is 60.0 Å². The molecule has 1 aliphatic heterocycles. The summed E-state index contributed by atoms with van der Waals surface area (Å²) in [6.07, 6.45) is -7.97. The summed E-state index contributed by atoms with van der Waals surface area (Å²) in [4.78, 5) is 13.0. The van der Waals surface area contributed by atoms with Crippen molar-refractivity contribution >= 4 is 21.9 Å². The van der Waals surface area contributed by atoms with Crippen LogP contribution in [0, 0.1) is 0 Å². The summed E-state index contributed by atoms with van der Waals surface area (Å²) in [5, 5.41) is 68.7. The molecular formula is C19H18O11. The van der Waals surface area contributed by atoms with Gasteiger partial charge in [0.25, 0.3) is 0 Å². The second-order valence-electron chi connectivity index (χ2n) is 6.87. The highest BCUT2D eigenvalue weighted by atomic mass is 16.7. The Bertz CT molecular complexity index is 1170. The average Bonchev–Trinajstić information content (AvgIpc) is 2.70. The standard InChI is InChI=1S/C19H18O11/c20-5-11-14(24)16(26)17(27)19(30-11)29-10-4-6(21)3-9-13(10)15(25)12-7(22)1-2-8(23)18(12)28-9/h1-4,11,14,16-17,19-24,26-27H,5H2/t11-,14-,16+,17-,19+/m1/s1. The van der Waals surface area contributed by atoms with Crippen LogP contribution in [-0.2, 0) is 4.74 Å². The molecule has 0 aliphatic carbocycles. The largest absolute Gasteiger partial charge is 0.508 e. The highest BCUT2D eigenvalue weighted by Crippen LogP contribution is 2.37. The zero-order valence-electron chi connectivity index (χ0n) is 15.2. The fraction of sp³-hybridized carbons (Fsp3) is 0.316. The zero-order chi connectivity index (χ0) is 21.7. The highest BCUT2D eigenvalue weighted by molar-refractivity contribution is 5.98. The van der Waals surface area contributed by atoms with Gasteiger partial charge in [-0.2, -0.15) is 0 Å². The molecule has 0 bridgehead atoms. The Balaban J connectivity index is 1.88. The number of aromatic hydroxyl groups is 3. The lowest BCUT2D eigenvalue weighted by molar-refractivity contribution is -0.277. The maximum Gasteiger partial charge on any atom is 0.229 e. The smallest absolute Gasteiger partial charge is 0.229 e. The number of phenols is 3. The molecule has 11 heteroatoms. The van der Waals surface area contributed by atoms with Gasteiger partial charge in [0.05, 0.1) is 6.61 Å². The molecule has 0 radical (unpaired) electrons. The molecule has 30 heavy (non-hydrogen) atoms. The third-order valence-corrected chi connectivity index (χ3v) is 4.92. The van der Waals surface area contributed by atoms with Crippen molar-refractivity contribution < 1.29 is 49.6 Å². The zero-order valence-corrected chi connectivity index (χ0v) is 15.2. The monoisotopic (exact) mass is 422 g/mol. The van der Waals surface area contributed by atoms with Gasteiger partial charge in [-0.25, -0.2) is 0 Å². The minimum atomic E-state index is -1.76. The second-order valence-corrected chi connectivity index (χ2v) is 6.87. The molecule has 0 spiro atoms. The number of hydrogen-bond donors (Lipinski definition) is 7. The molecule has 7 N–H and O–H groups in total. The van der Waals surface area contributed by atoms with E-state index in [1.807, 2.05) is 0 Å². The predicted molar refractivity (Wildman–Crippen MR) is 99.4 cm³/mol. The Labute approximate surface area is 167 Å². The first-order valence-corrected chi connectivity index (χ1v) is 8.84. The summed E-state index contributed by atoms with van der Waals surface area (Å²) in [5.74, 6) is -1.61. The number of fused-ring (bicyclic) bond motifs is 2. The van der Waals surface area contributed by atoms with Gasteiger partial charge in [-0.15, -0.1) is 0 Å². The number of benzene rings is 2. The van der Waals surface area contributed by atoms with Crippen LogP contribution < -0.4 is 10.2 Å². The van der Waals surface area contributed by atoms with Crippen LogP contribution in [0.4, 0.5) is 0 Å². The minimum Gasteiger partial charge on any atom is -0.508 e. The van der Waals surface area contributed by atoms with Gasteiger partial charge in [0.2, 0.25) is 11.7 Å². The molecule has 3 aromatic rings. The number of hydrogen-bond acceptors (Lipinski definition) is 11.